The van der Waals surface area contributed by atoms with Crippen LogP contribution < -0.4 is 10.6 Å². The van der Waals surface area contributed by atoms with Gasteiger partial charge < -0.3 is 15.7 Å². The molecule has 0 spiro atoms. The number of rotatable bonds is 6. The molecule has 4 nitrogen and oxygen atoms in total. The van der Waals surface area contributed by atoms with Crippen molar-refractivity contribution >= 4 is 21.1 Å². The van der Waals surface area contributed by atoms with Crippen LogP contribution in [0.15, 0.2) is 29.2 Å². The Morgan fingerprint density at radius 3 is 2.47 bits per heavy atom. The third-order valence-electron chi connectivity index (χ3n) is 6.21. The molecule has 1 saturated heterocycles. The van der Waals surface area contributed by atoms with Crippen LogP contribution in [-0.2, 0) is 6.18 Å². The number of para-hydroxylation sites is 1. The molecule has 2 bridgehead atoms. The van der Waals surface area contributed by atoms with Gasteiger partial charge in [-0.1, -0.05) is 31.6 Å². The minimum absolute atomic E-state index is 0.00815. The van der Waals surface area contributed by atoms with Gasteiger partial charge in [0, 0.05) is 31.1 Å². The van der Waals surface area contributed by atoms with E-state index in [0.717, 1.165) is 31.9 Å². The first kappa shape index (κ1) is 23.5. The number of piperidine rings is 1. The molecule has 1 aliphatic carbocycles. The van der Waals surface area contributed by atoms with Crippen molar-refractivity contribution in [3.63, 3.8) is 0 Å². The van der Waals surface area contributed by atoms with Crippen LogP contribution >= 0.6 is 10.2 Å². The number of pyridine rings is 1. The van der Waals surface area contributed by atoms with Gasteiger partial charge in [-0.2, -0.15) is 13.2 Å². The fourth-order valence-corrected chi connectivity index (χ4v) is 5.55. The number of nitrogens with zero attached hydrogens (tertiary/aromatic N) is 1. The average molecular weight is 491 g/mol. The Balaban J connectivity index is 1.71. The number of fused-ring (bicyclic) bond motifs is 3. The highest BCUT2D eigenvalue weighted by atomic mass is 32.5. The molecule has 1 aromatic carbocycles. The Morgan fingerprint density at radius 1 is 1.22 bits per heavy atom. The molecule has 0 amide bonds. The van der Waals surface area contributed by atoms with E-state index in [1.54, 1.807) is 0 Å². The summed E-state index contributed by atoms with van der Waals surface area (Å²) in [6.07, 6.45) is -4.02. The van der Waals surface area contributed by atoms with Gasteiger partial charge in [0.05, 0.1) is 11.6 Å². The second-order valence-corrected chi connectivity index (χ2v) is 11.1. The van der Waals surface area contributed by atoms with Crippen molar-refractivity contribution in [1.29, 1.82) is 0 Å². The third kappa shape index (κ3) is 4.52. The van der Waals surface area contributed by atoms with Gasteiger partial charge in [0.15, 0.2) is 0 Å². The van der Waals surface area contributed by atoms with E-state index in [2.05, 4.69) is 15.6 Å². The van der Waals surface area contributed by atoms with Crippen LogP contribution in [0.25, 0.3) is 10.9 Å². The number of aliphatic hydroxyl groups excluding tert-OH is 1. The minimum atomic E-state index is -10.4. The second-order valence-electron chi connectivity index (χ2n) is 8.68. The van der Waals surface area contributed by atoms with Crippen LogP contribution in [0.4, 0.5) is 32.6 Å². The van der Waals surface area contributed by atoms with E-state index in [1.165, 1.54) is 0 Å². The fraction of sp³-hybridized carbons (Fsp3) is 0.526. The van der Waals surface area contributed by atoms with Crippen LogP contribution in [0.3, 0.4) is 0 Å². The Labute approximate surface area is 178 Å². The Morgan fingerprint density at radius 2 is 1.94 bits per heavy atom. The molecule has 180 valence electrons. The normalized spacial score (nSPS) is 26.8. The summed E-state index contributed by atoms with van der Waals surface area (Å²) in [7, 11) is -10.4. The number of nitrogens with one attached hydrogen (secondary N) is 2. The monoisotopic (exact) mass is 491 g/mol. The summed E-state index contributed by atoms with van der Waals surface area (Å²) in [5.74, 6) is 0. The van der Waals surface area contributed by atoms with Crippen molar-refractivity contribution in [2.75, 3.05) is 19.6 Å². The first-order valence-corrected chi connectivity index (χ1v) is 11.8. The molecule has 2 heterocycles. The minimum Gasteiger partial charge on any atom is -0.387 e. The first-order valence-electron chi connectivity index (χ1n) is 9.85. The van der Waals surface area contributed by atoms with Crippen molar-refractivity contribution in [3.05, 3.63) is 35.5 Å². The van der Waals surface area contributed by atoms with E-state index in [1.807, 2.05) is 0 Å². The zero-order chi connectivity index (χ0) is 23.6. The van der Waals surface area contributed by atoms with Gasteiger partial charge in [0.1, 0.15) is 10.6 Å². The van der Waals surface area contributed by atoms with Crippen LogP contribution in [0.1, 0.15) is 36.6 Å². The fourth-order valence-electron chi connectivity index (χ4n) is 4.69. The molecule has 2 aromatic rings. The van der Waals surface area contributed by atoms with Gasteiger partial charge in [-0.05, 0) is 42.4 Å². The number of alkyl halides is 3. The van der Waals surface area contributed by atoms with Crippen molar-refractivity contribution in [3.8, 4) is 0 Å². The zero-order valence-electron chi connectivity index (χ0n) is 16.5. The van der Waals surface area contributed by atoms with Gasteiger partial charge in [0.25, 0.3) is 0 Å². The third-order valence-corrected chi connectivity index (χ3v) is 7.37. The first-order chi connectivity index (χ1) is 14.5. The van der Waals surface area contributed by atoms with Crippen LogP contribution in [0.2, 0.25) is 0 Å². The van der Waals surface area contributed by atoms with E-state index in [4.69, 9.17) is 0 Å². The van der Waals surface area contributed by atoms with E-state index < -0.39 is 49.6 Å². The number of aliphatic hydroxyl groups is 1. The molecular weight excluding hydrogens is 470 g/mol. The quantitative estimate of drug-likeness (QED) is 0.456. The molecule has 0 unspecified atom stereocenters. The predicted octanol–water partition coefficient (Wildman–Crippen LogP) is 5.68. The molecule has 1 aromatic heterocycles. The molecule has 1 saturated carbocycles. The number of halogens is 8. The van der Waals surface area contributed by atoms with E-state index in [-0.39, 0.29) is 18.0 Å². The summed E-state index contributed by atoms with van der Waals surface area (Å²) >= 11 is 0. The molecule has 2 aliphatic rings. The Bertz CT molecular complexity index is 1050. The SMILES string of the molecule is O[C@@H](CNC[C@]12CC[C@@H](C1)NC2)c1cc(C(F)(F)F)nc2c(S(F)(F)(F)(F)F)cccc12. The number of hydrogen-bond acceptors (Lipinski definition) is 4. The van der Waals surface area contributed by atoms with E-state index in [0.29, 0.717) is 24.7 Å². The van der Waals surface area contributed by atoms with E-state index in [9.17, 15) is 37.7 Å². The lowest BCUT2D eigenvalue weighted by Crippen LogP contribution is -2.38. The smallest absolute Gasteiger partial charge is 0.387 e. The molecule has 13 heteroatoms. The van der Waals surface area contributed by atoms with Gasteiger partial charge in [0.2, 0.25) is 0 Å². The standard InChI is InChI=1S/C19H21F8N3OS/c20-19(21,22)16-6-13(14(31)8-28-9-18-5-4-11(7-18)29-10-18)12-2-1-3-15(17(12)30-16)32(23,24,25,26)27/h1-3,6,11,14,28-29,31H,4-5,7-10H2/t11-,14-,18-/m0/s1. The summed E-state index contributed by atoms with van der Waals surface area (Å²) in [5.41, 5.74) is -3.92. The molecule has 1 aliphatic heterocycles. The summed E-state index contributed by atoms with van der Waals surface area (Å²) in [5, 5.41) is 16.2. The lowest BCUT2D eigenvalue weighted by molar-refractivity contribution is -0.141. The summed E-state index contributed by atoms with van der Waals surface area (Å²) < 4.78 is 107. The number of benzene rings is 1. The van der Waals surface area contributed by atoms with Gasteiger partial charge in [-0.15, -0.1) is 0 Å². The topological polar surface area (TPSA) is 57.2 Å². The largest absolute Gasteiger partial charge is 0.433 e. The lowest BCUT2D eigenvalue weighted by Gasteiger charge is -2.41. The van der Waals surface area contributed by atoms with Gasteiger partial charge in [-0.25, -0.2) is 4.98 Å². The maximum atomic E-state index is 13.5. The Kier molecular flexibility index (Phi) is 4.89. The summed E-state index contributed by atoms with van der Waals surface area (Å²) in [6.45, 7) is 0.952. The zero-order valence-corrected chi connectivity index (χ0v) is 17.3. The molecule has 32 heavy (non-hydrogen) atoms. The van der Waals surface area contributed by atoms with Crippen molar-refractivity contribution < 1.29 is 37.7 Å². The highest BCUT2D eigenvalue weighted by molar-refractivity contribution is 8.46. The summed E-state index contributed by atoms with van der Waals surface area (Å²) in [4.78, 5) is 0.373. The highest BCUT2D eigenvalue weighted by Crippen LogP contribution is 3.02. The van der Waals surface area contributed by atoms with Gasteiger partial charge >= 0.3 is 16.4 Å². The maximum absolute atomic E-state index is 13.5. The van der Waals surface area contributed by atoms with Crippen molar-refractivity contribution in [1.82, 2.24) is 15.6 Å². The number of aromatic nitrogens is 1. The summed E-state index contributed by atoms with van der Waals surface area (Å²) in [6, 6.07) is 2.43. The molecule has 3 atom stereocenters. The predicted molar refractivity (Wildman–Crippen MR) is 104 cm³/mol. The number of hydrogen-bond donors (Lipinski definition) is 3. The highest BCUT2D eigenvalue weighted by Gasteiger charge is 2.66. The van der Waals surface area contributed by atoms with Crippen LogP contribution in [0.5, 0.6) is 0 Å². The van der Waals surface area contributed by atoms with Crippen LogP contribution in [-0.4, -0.2) is 35.8 Å². The molecule has 3 N–H and O–H groups in total. The molecule has 2 fully saturated rings. The Hall–Kier alpha value is -1.70. The molecule has 4 rings (SSSR count). The van der Waals surface area contributed by atoms with Gasteiger partial charge in [-0.3, -0.25) is 0 Å². The van der Waals surface area contributed by atoms with Crippen molar-refractivity contribution in [2.45, 2.75) is 42.5 Å². The van der Waals surface area contributed by atoms with E-state index >= 15 is 0 Å². The maximum Gasteiger partial charge on any atom is 0.433 e. The molecule has 0 radical (unpaired) electrons. The van der Waals surface area contributed by atoms with Crippen LogP contribution in [0, 0.1) is 5.41 Å². The average Bonchev–Trinajstić information content (AvgIpc) is 3.25. The second kappa shape index (κ2) is 6.67. The lowest BCUT2D eigenvalue weighted by atomic mass is 9.87. The van der Waals surface area contributed by atoms with Crippen molar-refractivity contribution in [2.24, 2.45) is 5.41 Å². The molecular formula is C19H21F8N3OS.